The monoisotopic (exact) mass is 155 g/mol. The number of rotatable bonds is 5. The first kappa shape index (κ1) is 9.99. The third-order valence-corrected chi connectivity index (χ3v) is 1.35. The van der Waals surface area contributed by atoms with Crippen LogP contribution in [-0.2, 0) is 4.79 Å². The minimum absolute atomic E-state index is 0.182. The summed E-state index contributed by atoms with van der Waals surface area (Å²) in [5, 5.41) is 8.32. The topological polar surface area (TPSA) is 40.5 Å². The number of carboxylic acids is 1. The number of terminal acetylenes is 1. The van der Waals surface area contributed by atoms with Crippen molar-refractivity contribution in [1.82, 2.24) is 4.90 Å². The van der Waals surface area contributed by atoms with E-state index in [0.29, 0.717) is 13.0 Å². The maximum absolute atomic E-state index is 10.1. The Morgan fingerprint density at radius 1 is 1.64 bits per heavy atom. The molecule has 1 N–H and O–H groups in total. The molecule has 0 fully saturated rings. The highest BCUT2D eigenvalue weighted by Gasteiger charge is 2.00. The van der Waals surface area contributed by atoms with Gasteiger partial charge in [0.25, 0.3) is 0 Å². The van der Waals surface area contributed by atoms with E-state index in [1.54, 1.807) is 0 Å². The molecule has 0 aromatic heterocycles. The third kappa shape index (κ3) is 6.88. The van der Waals surface area contributed by atoms with E-state index in [-0.39, 0.29) is 6.42 Å². The fourth-order valence-corrected chi connectivity index (χ4v) is 0.654. The summed E-state index contributed by atoms with van der Waals surface area (Å²) in [7, 11) is 1.86. The first-order chi connectivity index (χ1) is 5.16. The molecule has 0 aliphatic heterocycles. The Morgan fingerprint density at radius 2 is 2.27 bits per heavy atom. The van der Waals surface area contributed by atoms with Crippen molar-refractivity contribution in [3.8, 4) is 12.3 Å². The Labute approximate surface area is 67.0 Å². The van der Waals surface area contributed by atoms with Gasteiger partial charge in [0.05, 0.1) is 6.42 Å². The van der Waals surface area contributed by atoms with E-state index in [0.717, 1.165) is 6.54 Å². The van der Waals surface area contributed by atoms with Crippen molar-refractivity contribution < 1.29 is 9.90 Å². The van der Waals surface area contributed by atoms with E-state index < -0.39 is 5.97 Å². The van der Waals surface area contributed by atoms with Crippen LogP contribution in [-0.4, -0.2) is 36.1 Å². The van der Waals surface area contributed by atoms with Crippen molar-refractivity contribution in [3.63, 3.8) is 0 Å². The molecule has 0 amide bonds. The second-order valence-corrected chi connectivity index (χ2v) is 2.40. The third-order valence-electron chi connectivity index (χ3n) is 1.35. The molecule has 0 aromatic rings. The van der Waals surface area contributed by atoms with Gasteiger partial charge in [0.1, 0.15) is 0 Å². The predicted octanol–water partition coefficient (Wildman–Crippen LogP) is 0.416. The van der Waals surface area contributed by atoms with Gasteiger partial charge < -0.3 is 10.0 Å². The van der Waals surface area contributed by atoms with E-state index in [4.69, 9.17) is 11.5 Å². The summed E-state index contributed by atoms with van der Waals surface area (Å²) in [6.07, 6.45) is 5.90. The molecular weight excluding hydrogens is 142 g/mol. The van der Waals surface area contributed by atoms with Gasteiger partial charge in [0, 0.05) is 19.5 Å². The Hall–Kier alpha value is -1.01. The molecule has 62 valence electrons. The van der Waals surface area contributed by atoms with E-state index >= 15 is 0 Å². The Kier molecular flexibility index (Phi) is 5.22. The molecule has 0 heterocycles. The average Bonchev–Trinajstić information content (AvgIpc) is 1.97. The van der Waals surface area contributed by atoms with Crippen molar-refractivity contribution in [3.05, 3.63) is 0 Å². The predicted molar refractivity (Wildman–Crippen MR) is 43.2 cm³/mol. The van der Waals surface area contributed by atoms with Crippen molar-refractivity contribution >= 4 is 5.97 Å². The van der Waals surface area contributed by atoms with E-state index in [1.807, 2.05) is 11.9 Å². The zero-order valence-corrected chi connectivity index (χ0v) is 6.71. The molecule has 0 atom stereocenters. The van der Waals surface area contributed by atoms with Crippen LogP contribution in [0.1, 0.15) is 12.8 Å². The van der Waals surface area contributed by atoms with Gasteiger partial charge in [-0.05, 0) is 7.05 Å². The molecule has 0 saturated carbocycles. The highest BCUT2D eigenvalue weighted by Crippen LogP contribution is 1.88. The first-order valence-electron chi connectivity index (χ1n) is 3.50. The summed E-state index contributed by atoms with van der Waals surface area (Å²) in [4.78, 5) is 12.0. The Bertz CT molecular complexity index is 160. The van der Waals surface area contributed by atoms with Crippen molar-refractivity contribution in [2.45, 2.75) is 12.8 Å². The van der Waals surface area contributed by atoms with Crippen LogP contribution in [0.3, 0.4) is 0 Å². The average molecular weight is 155 g/mol. The molecule has 0 radical (unpaired) electrons. The fraction of sp³-hybridized carbons (Fsp3) is 0.625. The molecule has 0 spiro atoms. The zero-order valence-electron chi connectivity index (χ0n) is 6.71. The Balaban J connectivity index is 3.31. The van der Waals surface area contributed by atoms with E-state index in [2.05, 4.69) is 5.92 Å². The summed E-state index contributed by atoms with van der Waals surface area (Å²) < 4.78 is 0. The fourth-order valence-electron chi connectivity index (χ4n) is 0.654. The number of carbonyl (C=O) groups is 1. The molecule has 0 unspecified atom stereocenters. The van der Waals surface area contributed by atoms with Gasteiger partial charge in [-0.25, -0.2) is 0 Å². The minimum atomic E-state index is -0.766. The first-order valence-corrected chi connectivity index (χ1v) is 3.50. The van der Waals surface area contributed by atoms with Crippen molar-refractivity contribution in [2.75, 3.05) is 20.1 Å². The van der Waals surface area contributed by atoms with Crippen LogP contribution < -0.4 is 0 Å². The molecule has 3 heteroatoms. The lowest BCUT2D eigenvalue weighted by Crippen LogP contribution is -2.22. The van der Waals surface area contributed by atoms with E-state index in [9.17, 15) is 4.79 Å². The van der Waals surface area contributed by atoms with Gasteiger partial charge in [0.2, 0.25) is 0 Å². The number of nitrogens with zero attached hydrogens (tertiary/aromatic N) is 1. The largest absolute Gasteiger partial charge is 0.481 e. The van der Waals surface area contributed by atoms with Crippen LogP contribution >= 0.6 is 0 Å². The number of hydrogen-bond acceptors (Lipinski definition) is 2. The molecule has 0 aliphatic carbocycles. The lowest BCUT2D eigenvalue weighted by atomic mass is 10.3. The van der Waals surface area contributed by atoms with Crippen LogP contribution in [0.4, 0.5) is 0 Å². The summed E-state index contributed by atoms with van der Waals surface area (Å²) in [5.74, 6) is 1.73. The van der Waals surface area contributed by atoms with Gasteiger partial charge in [-0.2, -0.15) is 0 Å². The van der Waals surface area contributed by atoms with Gasteiger partial charge in [0.15, 0.2) is 0 Å². The van der Waals surface area contributed by atoms with Crippen molar-refractivity contribution in [1.29, 1.82) is 0 Å². The standard InChI is InChI=1S/C8H13NO2/c1-3-4-6-9(2)7-5-8(10)11/h1H,4-7H2,2H3,(H,10,11). The maximum atomic E-state index is 10.1. The molecule has 0 aliphatic rings. The highest BCUT2D eigenvalue weighted by molar-refractivity contribution is 5.66. The Morgan fingerprint density at radius 3 is 2.73 bits per heavy atom. The molecule has 0 aromatic carbocycles. The van der Waals surface area contributed by atoms with Gasteiger partial charge in [-0.15, -0.1) is 12.3 Å². The SMILES string of the molecule is C#CCCN(C)CCC(=O)O. The summed E-state index contributed by atoms with van der Waals surface area (Å²) in [6.45, 7) is 1.33. The number of carboxylic acid groups (broad SMARTS) is 1. The zero-order chi connectivity index (χ0) is 8.69. The number of aliphatic carboxylic acids is 1. The summed E-state index contributed by atoms with van der Waals surface area (Å²) in [5.41, 5.74) is 0. The van der Waals surface area contributed by atoms with Crippen molar-refractivity contribution in [2.24, 2.45) is 0 Å². The normalized spacial score (nSPS) is 9.55. The van der Waals surface area contributed by atoms with Crippen LogP contribution in [0.15, 0.2) is 0 Å². The van der Waals surface area contributed by atoms with Gasteiger partial charge in [-0.3, -0.25) is 4.79 Å². The quantitative estimate of drug-likeness (QED) is 0.585. The van der Waals surface area contributed by atoms with Crippen LogP contribution in [0.25, 0.3) is 0 Å². The van der Waals surface area contributed by atoms with Gasteiger partial charge in [-0.1, -0.05) is 0 Å². The molecule has 0 rings (SSSR count). The second kappa shape index (κ2) is 5.75. The van der Waals surface area contributed by atoms with Gasteiger partial charge >= 0.3 is 5.97 Å². The molecular formula is C8H13NO2. The second-order valence-electron chi connectivity index (χ2n) is 2.40. The summed E-state index contributed by atoms with van der Waals surface area (Å²) in [6, 6.07) is 0. The molecule has 0 saturated heterocycles. The lowest BCUT2D eigenvalue weighted by Gasteiger charge is -2.12. The lowest BCUT2D eigenvalue weighted by molar-refractivity contribution is -0.137. The van der Waals surface area contributed by atoms with Crippen LogP contribution in [0.2, 0.25) is 0 Å². The smallest absolute Gasteiger partial charge is 0.304 e. The van der Waals surface area contributed by atoms with Crippen LogP contribution in [0, 0.1) is 12.3 Å². The maximum Gasteiger partial charge on any atom is 0.304 e. The minimum Gasteiger partial charge on any atom is -0.481 e. The van der Waals surface area contributed by atoms with Crippen LogP contribution in [0.5, 0.6) is 0 Å². The molecule has 11 heavy (non-hydrogen) atoms. The van der Waals surface area contributed by atoms with E-state index in [1.165, 1.54) is 0 Å². The highest BCUT2D eigenvalue weighted by atomic mass is 16.4. The number of hydrogen-bond donors (Lipinski definition) is 1. The molecule has 3 nitrogen and oxygen atoms in total. The summed E-state index contributed by atoms with van der Waals surface area (Å²) >= 11 is 0. The molecule has 0 bridgehead atoms.